The maximum atomic E-state index is 12.1. The summed E-state index contributed by atoms with van der Waals surface area (Å²) < 4.78 is 5.67. The summed E-state index contributed by atoms with van der Waals surface area (Å²) in [6, 6.07) is 8.09. The molecule has 1 atom stereocenters. The van der Waals surface area contributed by atoms with E-state index >= 15 is 0 Å². The fraction of sp³-hybridized carbons (Fsp3) is 0.588. The van der Waals surface area contributed by atoms with Crippen molar-refractivity contribution in [2.45, 2.75) is 38.7 Å². The highest BCUT2D eigenvalue weighted by Gasteiger charge is 2.23. The van der Waals surface area contributed by atoms with Crippen LogP contribution in [-0.4, -0.2) is 30.8 Å². The van der Waals surface area contributed by atoms with Gasteiger partial charge >= 0.3 is 0 Å². The minimum atomic E-state index is -0.205. The molecule has 2 N–H and O–H groups in total. The Bertz CT molecular complexity index is 438. The Labute approximate surface area is 126 Å². The number of aliphatic hydroxyl groups excluding tert-OH is 1. The first-order valence-corrected chi connectivity index (χ1v) is 7.77. The van der Waals surface area contributed by atoms with Gasteiger partial charge in [0.15, 0.2) is 0 Å². The minimum Gasteiger partial charge on any atom is -0.394 e. The number of amides is 1. The maximum Gasteiger partial charge on any atom is 0.223 e. The second-order valence-corrected chi connectivity index (χ2v) is 5.72. The third-order valence-electron chi connectivity index (χ3n) is 4.05. The molecule has 116 valence electrons. The standard InChI is InChI=1S/C17H25NO3/c1-13-6-8-14(9-7-13)16(21-11-10-19)12-18-17(20)15-4-2-3-5-15/h6-9,15-16,19H,2-5,10-12H2,1H3,(H,18,20)/t16-/m1/s1. The summed E-state index contributed by atoms with van der Waals surface area (Å²) in [5.41, 5.74) is 2.22. The summed E-state index contributed by atoms with van der Waals surface area (Å²) in [4.78, 5) is 12.1. The number of carbonyl (C=O) groups is 1. The molecule has 1 saturated carbocycles. The molecule has 1 fully saturated rings. The van der Waals surface area contributed by atoms with Crippen LogP contribution in [0.15, 0.2) is 24.3 Å². The second kappa shape index (κ2) is 8.15. The second-order valence-electron chi connectivity index (χ2n) is 5.72. The van der Waals surface area contributed by atoms with Crippen LogP contribution in [0.3, 0.4) is 0 Å². The lowest BCUT2D eigenvalue weighted by Crippen LogP contribution is -2.33. The molecule has 4 nitrogen and oxygen atoms in total. The molecule has 0 aliphatic heterocycles. The zero-order valence-corrected chi connectivity index (χ0v) is 12.7. The van der Waals surface area contributed by atoms with Crippen LogP contribution in [-0.2, 0) is 9.53 Å². The van der Waals surface area contributed by atoms with Crippen LogP contribution in [0, 0.1) is 12.8 Å². The van der Waals surface area contributed by atoms with Crippen molar-refractivity contribution < 1.29 is 14.6 Å². The molecule has 1 aliphatic carbocycles. The molecule has 1 amide bonds. The Balaban J connectivity index is 1.92. The first-order chi connectivity index (χ1) is 10.2. The zero-order valence-electron chi connectivity index (χ0n) is 12.7. The van der Waals surface area contributed by atoms with E-state index in [4.69, 9.17) is 9.84 Å². The van der Waals surface area contributed by atoms with Crippen LogP contribution in [0.25, 0.3) is 0 Å². The molecular weight excluding hydrogens is 266 g/mol. The van der Waals surface area contributed by atoms with Crippen LogP contribution < -0.4 is 5.32 Å². The number of carbonyl (C=O) groups excluding carboxylic acids is 1. The average Bonchev–Trinajstić information content (AvgIpc) is 3.03. The molecule has 1 aromatic rings. The fourth-order valence-electron chi connectivity index (χ4n) is 2.77. The Hall–Kier alpha value is -1.39. The van der Waals surface area contributed by atoms with Gasteiger partial charge in [-0.1, -0.05) is 42.7 Å². The number of benzene rings is 1. The number of aliphatic hydroxyl groups is 1. The van der Waals surface area contributed by atoms with Crippen molar-refractivity contribution in [2.24, 2.45) is 5.92 Å². The number of aryl methyl sites for hydroxylation is 1. The SMILES string of the molecule is Cc1ccc([C@@H](CNC(=O)C2CCCC2)OCCO)cc1. The average molecular weight is 291 g/mol. The van der Waals surface area contributed by atoms with E-state index in [1.165, 1.54) is 5.56 Å². The molecule has 1 aromatic carbocycles. The van der Waals surface area contributed by atoms with Crippen LogP contribution in [0.5, 0.6) is 0 Å². The molecule has 0 saturated heterocycles. The number of ether oxygens (including phenoxy) is 1. The van der Waals surface area contributed by atoms with E-state index in [0.29, 0.717) is 6.54 Å². The first kappa shape index (κ1) is 16.0. The van der Waals surface area contributed by atoms with Crippen molar-refractivity contribution in [1.82, 2.24) is 5.32 Å². The Morgan fingerprint density at radius 3 is 2.62 bits per heavy atom. The summed E-state index contributed by atoms with van der Waals surface area (Å²) in [6.45, 7) is 2.75. The van der Waals surface area contributed by atoms with Crippen LogP contribution in [0.1, 0.15) is 42.9 Å². The normalized spacial score (nSPS) is 16.9. The molecule has 0 unspecified atom stereocenters. The minimum absolute atomic E-state index is 0.0149. The van der Waals surface area contributed by atoms with Crippen molar-refractivity contribution in [2.75, 3.05) is 19.8 Å². The van der Waals surface area contributed by atoms with E-state index in [-0.39, 0.29) is 31.1 Å². The number of hydrogen-bond donors (Lipinski definition) is 2. The molecular formula is C17H25NO3. The molecule has 0 heterocycles. The number of hydrogen-bond acceptors (Lipinski definition) is 3. The fourth-order valence-corrected chi connectivity index (χ4v) is 2.77. The summed E-state index contributed by atoms with van der Waals surface area (Å²) in [7, 11) is 0. The summed E-state index contributed by atoms with van der Waals surface area (Å²) >= 11 is 0. The van der Waals surface area contributed by atoms with Crippen molar-refractivity contribution in [3.05, 3.63) is 35.4 Å². The predicted octanol–water partition coefficient (Wildman–Crippen LogP) is 2.35. The molecule has 21 heavy (non-hydrogen) atoms. The van der Waals surface area contributed by atoms with Gasteiger partial charge in [-0.2, -0.15) is 0 Å². The van der Waals surface area contributed by atoms with Gasteiger partial charge in [-0.25, -0.2) is 0 Å². The first-order valence-electron chi connectivity index (χ1n) is 7.77. The Morgan fingerprint density at radius 1 is 1.33 bits per heavy atom. The van der Waals surface area contributed by atoms with E-state index in [1.807, 2.05) is 31.2 Å². The summed E-state index contributed by atoms with van der Waals surface area (Å²) in [6.07, 6.45) is 4.10. The number of rotatable bonds is 7. The lowest BCUT2D eigenvalue weighted by Gasteiger charge is -2.20. The van der Waals surface area contributed by atoms with Crippen molar-refractivity contribution >= 4 is 5.91 Å². The smallest absolute Gasteiger partial charge is 0.223 e. The van der Waals surface area contributed by atoms with Gasteiger partial charge in [0.2, 0.25) is 5.91 Å². The van der Waals surface area contributed by atoms with Gasteiger partial charge < -0.3 is 15.2 Å². The molecule has 2 rings (SSSR count). The number of nitrogens with one attached hydrogen (secondary N) is 1. The maximum absolute atomic E-state index is 12.1. The van der Waals surface area contributed by atoms with Gasteiger partial charge in [0.05, 0.1) is 19.3 Å². The van der Waals surface area contributed by atoms with Crippen molar-refractivity contribution in [3.63, 3.8) is 0 Å². The van der Waals surface area contributed by atoms with Gasteiger partial charge in [-0.3, -0.25) is 4.79 Å². The molecule has 4 heteroatoms. The highest BCUT2D eigenvalue weighted by Crippen LogP contribution is 2.25. The Morgan fingerprint density at radius 2 is 2.00 bits per heavy atom. The highest BCUT2D eigenvalue weighted by atomic mass is 16.5. The van der Waals surface area contributed by atoms with Gasteiger partial charge in [-0.05, 0) is 25.3 Å². The monoisotopic (exact) mass is 291 g/mol. The summed E-state index contributed by atoms with van der Waals surface area (Å²) in [5, 5.41) is 11.9. The third kappa shape index (κ3) is 4.83. The molecule has 0 spiro atoms. The topological polar surface area (TPSA) is 58.6 Å². The third-order valence-corrected chi connectivity index (χ3v) is 4.05. The van der Waals surface area contributed by atoms with E-state index < -0.39 is 0 Å². The van der Waals surface area contributed by atoms with Crippen LogP contribution in [0.4, 0.5) is 0 Å². The van der Waals surface area contributed by atoms with Crippen LogP contribution >= 0.6 is 0 Å². The highest BCUT2D eigenvalue weighted by molar-refractivity contribution is 5.78. The molecule has 1 aliphatic rings. The van der Waals surface area contributed by atoms with Gasteiger partial charge in [0, 0.05) is 12.5 Å². The largest absolute Gasteiger partial charge is 0.394 e. The van der Waals surface area contributed by atoms with Crippen LogP contribution in [0.2, 0.25) is 0 Å². The van der Waals surface area contributed by atoms with E-state index in [1.54, 1.807) is 0 Å². The van der Waals surface area contributed by atoms with E-state index in [2.05, 4.69) is 5.32 Å². The summed E-state index contributed by atoms with van der Waals surface area (Å²) in [5.74, 6) is 0.304. The van der Waals surface area contributed by atoms with Gasteiger partial charge in [0.25, 0.3) is 0 Å². The molecule has 0 aromatic heterocycles. The Kier molecular flexibility index (Phi) is 6.21. The zero-order chi connectivity index (χ0) is 15.1. The quantitative estimate of drug-likeness (QED) is 0.811. The van der Waals surface area contributed by atoms with E-state index in [9.17, 15) is 4.79 Å². The molecule has 0 bridgehead atoms. The van der Waals surface area contributed by atoms with Crippen molar-refractivity contribution in [3.8, 4) is 0 Å². The van der Waals surface area contributed by atoms with Gasteiger partial charge in [0.1, 0.15) is 0 Å². The van der Waals surface area contributed by atoms with Gasteiger partial charge in [-0.15, -0.1) is 0 Å². The van der Waals surface area contributed by atoms with E-state index in [0.717, 1.165) is 31.2 Å². The molecule has 0 radical (unpaired) electrons. The van der Waals surface area contributed by atoms with Crippen molar-refractivity contribution in [1.29, 1.82) is 0 Å². The lowest BCUT2D eigenvalue weighted by molar-refractivity contribution is -0.125. The lowest BCUT2D eigenvalue weighted by atomic mass is 10.1. The predicted molar refractivity (Wildman–Crippen MR) is 81.9 cm³/mol.